The molecule has 102 valence electrons. The minimum Gasteiger partial charge on any atom is -0.468 e. The van der Waals surface area contributed by atoms with Gasteiger partial charge in [0.1, 0.15) is 11.9 Å². The number of halogens is 2. The molecule has 1 aromatic carbocycles. The zero-order valence-corrected chi connectivity index (χ0v) is 10.9. The fourth-order valence-electron chi connectivity index (χ4n) is 1.49. The number of ether oxygens (including phenoxy) is 1. The highest BCUT2D eigenvalue weighted by Crippen LogP contribution is 2.24. The van der Waals surface area contributed by atoms with Gasteiger partial charge in [0.05, 0.1) is 12.1 Å². The number of esters is 1. The maximum Gasteiger partial charge on any atom is 0.327 e. The van der Waals surface area contributed by atoms with Gasteiger partial charge >= 0.3 is 5.97 Å². The Bertz CT molecular complexity index is 505. The average Bonchev–Trinajstić information content (AvgIpc) is 2.42. The molecule has 0 spiro atoms. The van der Waals surface area contributed by atoms with Gasteiger partial charge in [0, 0.05) is 23.6 Å². The Hall–Kier alpha value is -1.82. The normalized spacial score (nSPS) is 11.5. The Morgan fingerprint density at radius 3 is 3.05 bits per heavy atom. The number of methoxy groups -OCH3 is 1. The molecule has 1 atom stereocenters. The zero-order valence-electron chi connectivity index (χ0n) is 10.1. The minimum atomic E-state index is -1.00. The van der Waals surface area contributed by atoms with Crippen molar-refractivity contribution in [3.63, 3.8) is 0 Å². The summed E-state index contributed by atoms with van der Waals surface area (Å²) in [6.07, 6.45) is 0. The molecule has 1 N–H and O–H groups in total. The number of azide groups is 1. The lowest BCUT2D eigenvalue weighted by atomic mass is 10.1. The van der Waals surface area contributed by atoms with Gasteiger partial charge in [-0.2, -0.15) is 0 Å². The molecular formula is C11H12ClFN4O2. The summed E-state index contributed by atoms with van der Waals surface area (Å²) in [5, 5.41) is 5.98. The van der Waals surface area contributed by atoms with Crippen molar-refractivity contribution >= 4 is 17.6 Å². The van der Waals surface area contributed by atoms with Crippen molar-refractivity contribution in [1.29, 1.82) is 0 Å². The summed E-state index contributed by atoms with van der Waals surface area (Å²) in [4.78, 5) is 14.2. The molecule has 0 bridgehead atoms. The number of nitrogens with zero attached hydrogens (tertiary/aromatic N) is 3. The van der Waals surface area contributed by atoms with Crippen LogP contribution >= 0.6 is 11.6 Å². The topological polar surface area (TPSA) is 87.1 Å². The predicted molar refractivity (Wildman–Crippen MR) is 68.2 cm³/mol. The molecule has 0 aliphatic heterocycles. The highest BCUT2D eigenvalue weighted by atomic mass is 35.5. The van der Waals surface area contributed by atoms with Gasteiger partial charge in [0.15, 0.2) is 0 Å². The number of hydrogen-bond acceptors (Lipinski definition) is 4. The van der Waals surface area contributed by atoms with Gasteiger partial charge in [-0.25, -0.2) is 9.18 Å². The Morgan fingerprint density at radius 1 is 1.68 bits per heavy atom. The van der Waals surface area contributed by atoms with Crippen molar-refractivity contribution in [3.8, 4) is 0 Å². The van der Waals surface area contributed by atoms with Crippen LogP contribution in [0.1, 0.15) is 11.6 Å². The van der Waals surface area contributed by atoms with Crippen LogP contribution in [0.5, 0.6) is 0 Å². The summed E-state index contributed by atoms with van der Waals surface area (Å²) >= 11 is 5.67. The smallest absolute Gasteiger partial charge is 0.327 e. The lowest BCUT2D eigenvalue weighted by molar-refractivity contribution is -0.143. The Kier molecular flexibility index (Phi) is 6.08. The standard InChI is InChI=1S/C11H12ClFN4O2/c1-19-11(18)10(15-5-6-16-17-14)7-3-2-4-8(12)9(7)13/h2-4,10,15H,5-6H2,1H3. The minimum absolute atomic E-state index is 0.0803. The van der Waals surface area contributed by atoms with Crippen molar-refractivity contribution in [2.24, 2.45) is 5.11 Å². The summed E-state index contributed by atoms with van der Waals surface area (Å²) in [6.45, 7) is 0.335. The molecule has 0 aliphatic carbocycles. The number of carbonyl (C=O) groups is 1. The number of rotatable bonds is 6. The highest BCUT2D eigenvalue weighted by Gasteiger charge is 2.24. The van der Waals surface area contributed by atoms with Gasteiger partial charge in [-0.15, -0.1) is 0 Å². The van der Waals surface area contributed by atoms with Crippen LogP contribution in [0.25, 0.3) is 10.4 Å². The number of benzene rings is 1. The van der Waals surface area contributed by atoms with Crippen molar-refractivity contribution < 1.29 is 13.9 Å². The molecule has 0 heterocycles. The van der Waals surface area contributed by atoms with E-state index in [1.165, 1.54) is 25.3 Å². The quantitative estimate of drug-likeness (QED) is 0.287. The van der Waals surface area contributed by atoms with E-state index in [1.54, 1.807) is 0 Å². The van der Waals surface area contributed by atoms with Crippen molar-refractivity contribution in [2.45, 2.75) is 6.04 Å². The fourth-order valence-corrected chi connectivity index (χ4v) is 1.67. The first kappa shape index (κ1) is 15.2. The Balaban J connectivity index is 2.93. The van der Waals surface area contributed by atoms with Gasteiger partial charge < -0.3 is 10.1 Å². The van der Waals surface area contributed by atoms with E-state index < -0.39 is 17.8 Å². The van der Waals surface area contributed by atoms with Crippen LogP contribution in [-0.2, 0) is 9.53 Å². The maximum atomic E-state index is 13.9. The van der Waals surface area contributed by atoms with Crippen molar-refractivity contribution in [3.05, 3.63) is 45.0 Å². The largest absolute Gasteiger partial charge is 0.468 e. The summed E-state index contributed by atoms with van der Waals surface area (Å²) in [7, 11) is 1.20. The van der Waals surface area contributed by atoms with E-state index in [0.717, 1.165) is 0 Å². The molecule has 0 saturated carbocycles. The highest BCUT2D eigenvalue weighted by molar-refractivity contribution is 6.30. The number of hydrogen-bond donors (Lipinski definition) is 1. The lowest BCUT2D eigenvalue weighted by Gasteiger charge is -2.17. The second-order valence-electron chi connectivity index (χ2n) is 3.51. The Labute approximate surface area is 114 Å². The van der Waals surface area contributed by atoms with Crippen LogP contribution in [0, 0.1) is 5.82 Å². The van der Waals surface area contributed by atoms with E-state index in [4.69, 9.17) is 17.1 Å². The van der Waals surface area contributed by atoms with E-state index in [0.29, 0.717) is 0 Å². The Morgan fingerprint density at radius 2 is 2.42 bits per heavy atom. The first-order chi connectivity index (χ1) is 9.11. The fraction of sp³-hybridized carbons (Fsp3) is 0.364. The van der Waals surface area contributed by atoms with E-state index >= 15 is 0 Å². The molecule has 8 heteroatoms. The van der Waals surface area contributed by atoms with Gasteiger partial charge in [-0.05, 0) is 11.6 Å². The maximum absolute atomic E-state index is 13.9. The van der Waals surface area contributed by atoms with Gasteiger partial charge in [-0.1, -0.05) is 28.8 Å². The molecule has 0 fully saturated rings. The second-order valence-corrected chi connectivity index (χ2v) is 3.92. The molecule has 6 nitrogen and oxygen atoms in total. The number of nitrogens with one attached hydrogen (secondary N) is 1. The van der Waals surface area contributed by atoms with Gasteiger partial charge in [-0.3, -0.25) is 0 Å². The molecule has 1 rings (SSSR count). The van der Waals surface area contributed by atoms with Crippen molar-refractivity contribution in [1.82, 2.24) is 5.32 Å². The molecule has 0 aromatic heterocycles. The molecule has 0 aliphatic rings. The second kappa shape index (κ2) is 7.58. The number of carbonyl (C=O) groups excluding carboxylic acids is 1. The summed E-state index contributed by atoms with van der Waals surface area (Å²) < 4.78 is 18.5. The van der Waals surface area contributed by atoms with E-state index in [9.17, 15) is 9.18 Å². The van der Waals surface area contributed by atoms with Crippen LogP contribution in [-0.4, -0.2) is 26.2 Å². The molecule has 0 radical (unpaired) electrons. The van der Waals surface area contributed by atoms with E-state index in [2.05, 4.69) is 20.1 Å². The van der Waals surface area contributed by atoms with E-state index in [1.807, 2.05) is 0 Å². The predicted octanol–water partition coefficient (Wildman–Crippen LogP) is 2.59. The van der Waals surface area contributed by atoms with Crippen LogP contribution in [0.4, 0.5) is 4.39 Å². The third-order valence-electron chi connectivity index (χ3n) is 2.35. The SMILES string of the molecule is COC(=O)C(NCCN=[N+]=[N-])c1cccc(Cl)c1F. The molecule has 19 heavy (non-hydrogen) atoms. The zero-order chi connectivity index (χ0) is 14.3. The van der Waals surface area contributed by atoms with Crippen LogP contribution < -0.4 is 5.32 Å². The first-order valence-electron chi connectivity index (χ1n) is 5.37. The monoisotopic (exact) mass is 286 g/mol. The molecular weight excluding hydrogens is 275 g/mol. The van der Waals surface area contributed by atoms with Crippen LogP contribution in [0.3, 0.4) is 0 Å². The summed E-state index contributed by atoms with van der Waals surface area (Å²) in [6, 6.07) is 3.35. The van der Waals surface area contributed by atoms with Gasteiger partial charge in [0.25, 0.3) is 0 Å². The summed E-state index contributed by atoms with van der Waals surface area (Å²) in [5.74, 6) is -1.34. The van der Waals surface area contributed by atoms with Crippen LogP contribution in [0.2, 0.25) is 5.02 Å². The lowest BCUT2D eigenvalue weighted by Crippen LogP contribution is -2.32. The third-order valence-corrected chi connectivity index (χ3v) is 2.64. The van der Waals surface area contributed by atoms with Gasteiger partial charge in [0.2, 0.25) is 0 Å². The van der Waals surface area contributed by atoms with E-state index in [-0.39, 0.29) is 23.7 Å². The molecule has 0 amide bonds. The van der Waals surface area contributed by atoms with Crippen LogP contribution in [0.15, 0.2) is 23.3 Å². The molecule has 1 unspecified atom stereocenters. The molecule has 1 aromatic rings. The first-order valence-corrected chi connectivity index (χ1v) is 5.75. The molecule has 0 saturated heterocycles. The summed E-state index contributed by atoms with van der Waals surface area (Å²) in [5.41, 5.74) is 8.23. The average molecular weight is 287 g/mol. The van der Waals surface area contributed by atoms with Crippen molar-refractivity contribution in [2.75, 3.05) is 20.2 Å². The third kappa shape index (κ3) is 4.10.